The van der Waals surface area contributed by atoms with Crippen molar-refractivity contribution in [2.75, 3.05) is 16.2 Å². The summed E-state index contributed by atoms with van der Waals surface area (Å²) in [5.74, 6) is -0.138. The van der Waals surface area contributed by atoms with E-state index in [2.05, 4.69) is 32.2 Å². The van der Waals surface area contributed by atoms with E-state index in [1.807, 2.05) is 43.3 Å². The Hall–Kier alpha value is -4.01. The molecule has 0 atom stereocenters. The van der Waals surface area contributed by atoms with Gasteiger partial charge in [-0.2, -0.15) is 0 Å². The van der Waals surface area contributed by atoms with E-state index in [9.17, 15) is 13.2 Å². The van der Waals surface area contributed by atoms with E-state index in [1.54, 1.807) is 59.9 Å². The monoisotopic (exact) mass is 569 g/mol. The lowest BCUT2D eigenvalue weighted by atomic mass is 10.0. The molecule has 0 saturated carbocycles. The van der Waals surface area contributed by atoms with Gasteiger partial charge in [0.1, 0.15) is 11.6 Å². The third-order valence-electron chi connectivity index (χ3n) is 6.70. The van der Waals surface area contributed by atoms with Crippen LogP contribution in [0.4, 0.5) is 11.4 Å². The van der Waals surface area contributed by atoms with Gasteiger partial charge in [0.05, 0.1) is 20.8 Å². The molecule has 0 saturated heterocycles. The van der Waals surface area contributed by atoms with Gasteiger partial charge in [0.25, 0.3) is 10.0 Å². The summed E-state index contributed by atoms with van der Waals surface area (Å²) in [4.78, 5) is 18.0. The zero-order valence-corrected chi connectivity index (χ0v) is 24.5. The Balaban J connectivity index is 1.37. The molecule has 0 aliphatic heterocycles. The van der Waals surface area contributed by atoms with Gasteiger partial charge in [0, 0.05) is 11.3 Å². The summed E-state index contributed by atoms with van der Waals surface area (Å²) >= 11 is 1.62. The fraction of sp³-hybridized carbons (Fsp3) is 0.188. The molecule has 0 fully saturated rings. The molecule has 1 aromatic heterocycles. The van der Waals surface area contributed by atoms with Crippen LogP contribution in [0.1, 0.15) is 36.5 Å². The maximum atomic E-state index is 13.7. The minimum absolute atomic E-state index is 0.134. The fourth-order valence-corrected chi connectivity index (χ4v) is 6.85. The van der Waals surface area contributed by atoms with Crippen molar-refractivity contribution in [1.82, 2.24) is 4.98 Å². The van der Waals surface area contributed by atoms with Crippen LogP contribution in [0, 0.1) is 13.8 Å². The van der Waals surface area contributed by atoms with Crippen LogP contribution in [-0.2, 0) is 14.8 Å². The summed E-state index contributed by atoms with van der Waals surface area (Å²) in [5, 5.41) is 3.76. The maximum Gasteiger partial charge on any atom is 0.264 e. The number of aromatic nitrogens is 1. The van der Waals surface area contributed by atoms with E-state index in [-0.39, 0.29) is 11.4 Å². The van der Waals surface area contributed by atoms with Gasteiger partial charge in [-0.3, -0.25) is 9.10 Å². The standard InChI is InChI=1S/C32H31N3O3S2/c1-21(2)24-10-14-27(15-11-24)35(40(37,38)28-16-5-22(3)6-17-28)20-31(36)33-26-12-8-25(9-13-26)32-34-29-18-7-23(4)19-30(29)39-32/h5-19,21H,20H2,1-4H3,(H,33,36). The molecular weight excluding hydrogens is 539 g/mol. The minimum Gasteiger partial charge on any atom is -0.325 e. The molecule has 1 N–H and O–H groups in total. The second kappa shape index (κ2) is 11.2. The molecule has 40 heavy (non-hydrogen) atoms. The van der Waals surface area contributed by atoms with Crippen LogP contribution in [0.2, 0.25) is 0 Å². The quantitative estimate of drug-likeness (QED) is 0.209. The van der Waals surface area contributed by atoms with Crippen LogP contribution in [0.5, 0.6) is 0 Å². The minimum atomic E-state index is -3.98. The third-order valence-corrected chi connectivity index (χ3v) is 9.56. The summed E-state index contributed by atoms with van der Waals surface area (Å²) in [6.07, 6.45) is 0. The molecule has 0 unspecified atom stereocenters. The number of rotatable bonds is 8. The van der Waals surface area contributed by atoms with Gasteiger partial charge >= 0.3 is 0 Å². The number of fused-ring (bicyclic) bond motifs is 1. The number of thiazole rings is 1. The smallest absolute Gasteiger partial charge is 0.264 e. The van der Waals surface area contributed by atoms with Crippen molar-refractivity contribution in [3.05, 3.63) is 108 Å². The summed E-state index contributed by atoms with van der Waals surface area (Å²) in [6, 6.07) is 27.6. The molecule has 204 valence electrons. The second-order valence-corrected chi connectivity index (χ2v) is 13.1. The molecule has 5 aromatic rings. The summed E-state index contributed by atoms with van der Waals surface area (Å²) in [7, 11) is -3.98. The van der Waals surface area contributed by atoms with Gasteiger partial charge in [0.2, 0.25) is 5.91 Å². The van der Waals surface area contributed by atoms with Crippen molar-refractivity contribution in [2.45, 2.75) is 38.5 Å². The van der Waals surface area contributed by atoms with Crippen LogP contribution >= 0.6 is 11.3 Å². The number of sulfonamides is 1. The molecule has 1 heterocycles. The van der Waals surface area contributed by atoms with Crippen LogP contribution < -0.4 is 9.62 Å². The van der Waals surface area contributed by atoms with Crippen LogP contribution in [0.25, 0.3) is 20.8 Å². The van der Waals surface area contributed by atoms with Crippen molar-refractivity contribution < 1.29 is 13.2 Å². The van der Waals surface area contributed by atoms with E-state index in [4.69, 9.17) is 4.98 Å². The van der Waals surface area contributed by atoms with E-state index < -0.39 is 15.9 Å². The van der Waals surface area contributed by atoms with Gasteiger partial charge < -0.3 is 5.32 Å². The molecule has 0 bridgehead atoms. The van der Waals surface area contributed by atoms with Crippen LogP contribution in [-0.4, -0.2) is 25.9 Å². The average molecular weight is 570 g/mol. The first-order valence-corrected chi connectivity index (χ1v) is 15.3. The molecule has 5 rings (SSSR count). The van der Waals surface area contributed by atoms with E-state index in [1.165, 1.54) is 5.56 Å². The van der Waals surface area contributed by atoms with Crippen molar-refractivity contribution in [3.63, 3.8) is 0 Å². The fourth-order valence-electron chi connectivity index (χ4n) is 4.36. The zero-order valence-electron chi connectivity index (χ0n) is 22.9. The maximum absolute atomic E-state index is 13.7. The Morgan fingerprint density at radius 1 is 0.875 bits per heavy atom. The molecule has 6 nitrogen and oxygen atoms in total. The number of nitrogens with zero attached hydrogens (tertiary/aromatic N) is 2. The van der Waals surface area contributed by atoms with Crippen molar-refractivity contribution in [1.29, 1.82) is 0 Å². The lowest BCUT2D eigenvalue weighted by Crippen LogP contribution is -2.38. The van der Waals surface area contributed by atoms with Gasteiger partial charge in [-0.05, 0) is 91.6 Å². The molecule has 0 radical (unpaired) electrons. The Morgan fingerprint density at radius 2 is 1.52 bits per heavy atom. The van der Waals surface area contributed by atoms with Crippen molar-refractivity contribution >= 4 is 48.9 Å². The highest BCUT2D eigenvalue weighted by Gasteiger charge is 2.27. The number of benzene rings is 4. The molecule has 0 spiro atoms. The topological polar surface area (TPSA) is 79.4 Å². The van der Waals surface area contributed by atoms with Crippen molar-refractivity contribution in [3.8, 4) is 10.6 Å². The third kappa shape index (κ3) is 5.93. The van der Waals surface area contributed by atoms with Crippen LogP contribution in [0.15, 0.2) is 95.9 Å². The van der Waals surface area contributed by atoms with Crippen LogP contribution in [0.3, 0.4) is 0 Å². The average Bonchev–Trinajstić information content (AvgIpc) is 3.35. The predicted octanol–water partition coefficient (Wildman–Crippen LogP) is 7.54. The zero-order chi connectivity index (χ0) is 28.4. The summed E-state index contributed by atoms with van der Waals surface area (Å²) < 4.78 is 29.7. The lowest BCUT2D eigenvalue weighted by Gasteiger charge is -2.24. The Bertz CT molecular complexity index is 1760. The van der Waals surface area contributed by atoms with E-state index in [0.717, 1.165) is 36.2 Å². The summed E-state index contributed by atoms with van der Waals surface area (Å²) in [5.41, 5.74) is 6.15. The first-order chi connectivity index (χ1) is 19.1. The predicted molar refractivity (Wildman–Crippen MR) is 165 cm³/mol. The van der Waals surface area contributed by atoms with Gasteiger partial charge in [-0.15, -0.1) is 11.3 Å². The summed E-state index contributed by atoms with van der Waals surface area (Å²) in [6.45, 7) is 7.74. The Labute approximate surface area is 239 Å². The number of carbonyl (C=O) groups is 1. The lowest BCUT2D eigenvalue weighted by molar-refractivity contribution is -0.114. The number of nitrogens with one attached hydrogen (secondary N) is 1. The van der Waals surface area contributed by atoms with E-state index in [0.29, 0.717) is 17.3 Å². The molecule has 0 aliphatic rings. The highest BCUT2D eigenvalue weighted by molar-refractivity contribution is 7.92. The molecule has 8 heteroatoms. The number of hydrogen-bond donors (Lipinski definition) is 1. The number of anilines is 2. The number of hydrogen-bond acceptors (Lipinski definition) is 5. The molecule has 0 aliphatic carbocycles. The first kappa shape index (κ1) is 27.6. The van der Waals surface area contributed by atoms with Crippen molar-refractivity contribution in [2.24, 2.45) is 0 Å². The Morgan fingerprint density at radius 3 is 2.17 bits per heavy atom. The Kier molecular flexibility index (Phi) is 7.74. The second-order valence-electron chi connectivity index (χ2n) is 10.2. The largest absolute Gasteiger partial charge is 0.325 e. The van der Waals surface area contributed by atoms with Gasteiger partial charge in [0.15, 0.2) is 0 Å². The number of amides is 1. The van der Waals surface area contributed by atoms with E-state index >= 15 is 0 Å². The van der Waals surface area contributed by atoms with Gasteiger partial charge in [-0.1, -0.05) is 49.7 Å². The SMILES string of the molecule is Cc1ccc(S(=O)(=O)N(CC(=O)Nc2ccc(-c3nc4ccc(C)cc4s3)cc2)c2ccc(C(C)C)cc2)cc1. The molecule has 4 aromatic carbocycles. The molecule has 1 amide bonds. The number of aryl methyl sites for hydroxylation is 2. The number of carbonyl (C=O) groups excluding carboxylic acids is 1. The van der Waals surface area contributed by atoms with Gasteiger partial charge in [-0.25, -0.2) is 13.4 Å². The first-order valence-electron chi connectivity index (χ1n) is 13.1. The highest BCUT2D eigenvalue weighted by atomic mass is 32.2. The molecular formula is C32H31N3O3S2. The highest BCUT2D eigenvalue weighted by Crippen LogP contribution is 2.31. The normalized spacial score (nSPS) is 11.6.